The molecular formula is C11H15NO3. The molecule has 1 amide bonds. The largest absolute Gasteiger partial charge is 0.396 e. The van der Waals surface area contributed by atoms with Gasteiger partial charge in [-0.1, -0.05) is 24.3 Å². The van der Waals surface area contributed by atoms with E-state index in [-0.39, 0.29) is 24.7 Å². The number of aliphatic hydroxyl groups excluding tert-OH is 1. The van der Waals surface area contributed by atoms with Gasteiger partial charge in [0.25, 0.3) is 5.91 Å². The normalized spacial score (nSPS) is 30.2. The van der Waals surface area contributed by atoms with Crippen LogP contribution in [0.15, 0.2) is 24.3 Å². The second-order valence-electron chi connectivity index (χ2n) is 3.74. The smallest absolute Gasteiger partial charge is 0.250 e. The van der Waals surface area contributed by atoms with Gasteiger partial charge in [0, 0.05) is 19.4 Å². The molecule has 1 saturated heterocycles. The molecule has 2 rings (SSSR count). The molecule has 0 aromatic carbocycles. The van der Waals surface area contributed by atoms with Crippen LogP contribution >= 0.6 is 0 Å². The molecule has 0 aromatic heterocycles. The third-order valence-electron chi connectivity index (χ3n) is 2.57. The van der Waals surface area contributed by atoms with Crippen LogP contribution in [0, 0.1) is 0 Å². The predicted octanol–water partition coefficient (Wildman–Crippen LogP) is 0.786. The van der Waals surface area contributed by atoms with Gasteiger partial charge in [-0.3, -0.25) is 9.63 Å². The molecule has 0 unspecified atom stereocenters. The summed E-state index contributed by atoms with van der Waals surface area (Å²) >= 11 is 0. The first-order valence-electron chi connectivity index (χ1n) is 5.24. The summed E-state index contributed by atoms with van der Waals surface area (Å²) in [6, 6.07) is 0.0926. The van der Waals surface area contributed by atoms with Crippen LogP contribution in [0.1, 0.15) is 19.3 Å². The summed E-state index contributed by atoms with van der Waals surface area (Å²) in [7, 11) is 0. The highest BCUT2D eigenvalue weighted by atomic mass is 16.7. The van der Waals surface area contributed by atoms with Crippen molar-refractivity contribution in [3.8, 4) is 0 Å². The number of carbonyl (C=O) groups excluding carboxylic acids is 1. The van der Waals surface area contributed by atoms with E-state index in [1.54, 1.807) is 0 Å². The number of hydroxylamine groups is 2. The maximum absolute atomic E-state index is 11.4. The molecule has 4 heteroatoms. The number of amides is 1. The quantitative estimate of drug-likeness (QED) is 0.699. The SMILES string of the molecule is O=C1CC=C[C@@H]2C[C@H](/C=C/CCO)ON12. The summed E-state index contributed by atoms with van der Waals surface area (Å²) in [5, 5.41) is 10.1. The molecule has 1 fully saturated rings. The van der Waals surface area contributed by atoms with E-state index in [9.17, 15) is 4.79 Å². The fourth-order valence-corrected chi connectivity index (χ4v) is 1.85. The van der Waals surface area contributed by atoms with Crippen molar-refractivity contribution in [1.82, 2.24) is 5.06 Å². The van der Waals surface area contributed by atoms with Crippen LogP contribution in [-0.2, 0) is 9.63 Å². The highest BCUT2D eigenvalue weighted by Crippen LogP contribution is 2.26. The van der Waals surface area contributed by atoms with Crippen LogP contribution in [0.5, 0.6) is 0 Å². The molecule has 0 aliphatic carbocycles. The maximum atomic E-state index is 11.4. The Bertz CT molecular complexity index is 298. The number of hydrogen-bond acceptors (Lipinski definition) is 3. The van der Waals surface area contributed by atoms with E-state index >= 15 is 0 Å². The fourth-order valence-electron chi connectivity index (χ4n) is 1.85. The summed E-state index contributed by atoms with van der Waals surface area (Å²) in [5.74, 6) is 0.0283. The lowest BCUT2D eigenvalue weighted by molar-refractivity contribution is -0.180. The highest BCUT2D eigenvalue weighted by molar-refractivity contribution is 5.78. The van der Waals surface area contributed by atoms with E-state index < -0.39 is 0 Å². The topological polar surface area (TPSA) is 49.8 Å². The first-order chi connectivity index (χ1) is 7.31. The molecule has 2 heterocycles. The van der Waals surface area contributed by atoms with E-state index in [0.29, 0.717) is 12.8 Å². The molecule has 2 aliphatic heterocycles. The van der Waals surface area contributed by atoms with Crippen molar-refractivity contribution >= 4 is 5.91 Å². The second kappa shape index (κ2) is 4.59. The first kappa shape index (κ1) is 10.4. The Balaban J connectivity index is 1.93. The van der Waals surface area contributed by atoms with E-state index in [4.69, 9.17) is 9.94 Å². The molecule has 82 valence electrons. The Morgan fingerprint density at radius 1 is 1.67 bits per heavy atom. The van der Waals surface area contributed by atoms with Crippen LogP contribution in [-0.4, -0.2) is 34.8 Å². The number of fused-ring (bicyclic) bond motifs is 1. The summed E-state index contributed by atoms with van der Waals surface area (Å²) in [6.45, 7) is 0.148. The van der Waals surface area contributed by atoms with Gasteiger partial charge < -0.3 is 5.11 Å². The molecular weight excluding hydrogens is 194 g/mol. The average molecular weight is 209 g/mol. The third-order valence-corrected chi connectivity index (χ3v) is 2.57. The molecule has 0 spiro atoms. The van der Waals surface area contributed by atoms with Gasteiger partial charge in [-0.25, -0.2) is 5.06 Å². The number of carbonyl (C=O) groups is 1. The molecule has 1 N–H and O–H groups in total. The van der Waals surface area contributed by atoms with Gasteiger partial charge >= 0.3 is 0 Å². The zero-order chi connectivity index (χ0) is 10.7. The Kier molecular flexibility index (Phi) is 3.18. The Labute approximate surface area is 88.8 Å². The molecule has 0 radical (unpaired) electrons. The summed E-state index contributed by atoms with van der Waals surface area (Å²) < 4.78 is 0. The zero-order valence-electron chi connectivity index (χ0n) is 8.50. The average Bonchev–Trinajstić information content (AvgIpc) is 2.63. The minimum Gasteiger partial charge on any atom is -0.396 e. The van der Waals surface area contributed by atoms with Crippen molar-refractivity contribution in [2.24, 2.45) is 0 Å². The lowest BCUT2D eigenvalue weighted by Crippen LogP contribution is -2.35. The molecule has 0 saturated carbocycles. The van der Waals surface area contributed by atoms with Gasteiger partial charge in [-0.2, -0.15) is 0 Å². The van der Waals surface area contributed by atoms with Gasteiger partial charge in [0.05, 0.1) is 6.04 Å². The summed E-state index contributed by atoms with van der Waals surface area (Å²) in [4.78, 5) is 16.9. The third kappa shape index (κ3) is 2.27. The first-order valence-corrected chi connectivity index (χ1v) is 5.24. The Morgan fingerprint density at radius 3 is 3.27 bits per heavy atom. The fraction of sp³-hybridized carbons (Fsp3) is 0.545. The van der Waals surface area contributed by atoms with Gasteiger partial charge in [0.15, 0.2) is 0 Å². The van der Waals surface area contributed by atoms with Gasteiger partial charge in [-0.05, 0) is 6.42 Å². The molecule has 2 aliphatic rings. The molecule has 0 aromatic rings. The van der Waals surface area contributed by atoms with E-state index in [0.717, 1.165) is 6.42 Å². The predicted molar refractivity (Wildman–Crippen MR) is 54.7 cm³/mol. The van der Waals surface area contributed by atoms with Crippen LogP contribution in [0.25, 0.3) is 0 Å². The van der Waals surface area contributed by atoms with Crippen molar-refractivity contribution < 1.29 is 14.7 Å². The number of hydrogen-bond donors (Lipinski definition) is 1. The van der Waals surface area contributed by atoms with Crippen molar-refractivity contribution in [3.05, 3.63) is 24.3 Å². The molecule has 15 heavy (non-hydrogen) atoms. The van der Waals surface area contributed by atoms with E-state index in [2.05, 4.69) is 0 Å². The minimum absolute atomic E-state index is 0.0283. The van der Waals surface area contributed by atoms with Crippen molar-refractivity contribution in [2.75, 3.05) is 6.61 Å². The van der Waals surface area contributed by atoms with Crippen molar-refractivity contribution in [2.45, 2.75) is 31.4 Å². The van der Waals surface area contributed by atoms with Crippen LogP contribution in [0.4, 0.5) is 0 Å². The van der Waals surface area contributed by atoms with Crippen LogP contribution in [0.2, 0.25) is 0 Å². The van der Waals surface area contributed by atoms with Crippen molar-refractivity contribution in [3.63, 3.8) is 0 Å². The van der Waals surface area contributed by atoms with E-state index in [1.807, 2.05) is 24.3 Å². The molecule has 2 atom stereocenters. The Hall–Kier alpha value is -1.13. The summed E-state index contributed by atoms with van der Waals surface area (Å²) in [5.41, 5.74) is 0. The number of aliphatic hydroxyl groups is 1. The number of nitrogens with zero attached hydrogens (tertiary/aromatic N) is 1. The van der Waals surface area contributed by atoms with Crippen molar-refractivity contribution in [1.29, 1.82) is 0 Å². The summed E-state index contributed by atoms with van der Waals surface area (Å²) in [6.07, 6.45) is 9.55. The van der Waals surface area contributed by atoms with Gasteiger partial charge in [-0.15, -0.1) is 0 Å². The highest BCUT2D eigenvalue weighted by Gasteiger charge is 2.35. The monoisotopic (exact) mass is 209 g/mol. The van der Waals surface area contributed by atoms with E-state index in [1.165, 1.54) is 5.06 Å². The lowest BCUT2D eigenvalue weighted by atomic mass is 10.1. The van der Waals surface area contributed by atoms with Gasteiger partial charge in [0.2, 0.25) is 0 Å². The number of rotatable bonds is 3. The molecule has 0 bridgehead atoms. The minimum atomic E-state index is -0.0340. The standard InChI is InChI=1S/C11H15NO3/c13-7-2-1-5-10-8-9-4-3-6-11(14)12(9)15-10/h1,3-5,9-10,13H,2,6-8H2/b5-1+/t9-,10+/m1/s1. The lowest BCUT2D eigenvalue weighted by Gasteiger charge is -2.22. The van der Waals surface area contributed by atoms with Crippen LogP contribution in [0.3, 0.4) is 0 Å². The second-order valence-corrected chi connectivity index (χ2v) is 3.74. The van der Waals surface area contributed by atoms with Crippen LogP contribution < -0.4 is 0 Å². The van der Waals surface area contributed by atoms with Gasteiger partial charge in [0.1, 0.15) is 6.10 Å². The molecule has 4 nitrogen and oxygen atoms in total. The Morgan fingerprint density at radius 2 is 2.53 bits per heavy atom. The zero-order valence-corrected chi connectivity index (χ0v) is 8.50. The maximum Gasteiger partial charge on any atom is 0.250 e.